The molecule has 3 rings (SSSR count). The van der Waals surface area contributed by atoms with Crippen LogP contribution in [0.3, 0.4) is 0 Å². The minimum atomic E-state index is -0.289. The van der Waals surface area contributed by atoms with Gasteiger partial charge < -0.3 is 9.80 Å². The van der Waals surface area contributed by atoms with Crippen LogP contribution in [0.4, 0.5) is 0 Å². The Balaban J connectivity index is 2.29. The van der Waals surface area contributed by atoms with Crippen LogP contribution >= 0.6 is 21.6 Å². The first-order chi connectivity index (χ1) is 6.70. The van der Waals surface area contributed by atoms with Gasteiger partial charge in [0.2, 0.25) is 0 Å². The Morgan fingerprint density at radius 2 is 1.36 bits per heavy atom. The van der Waals surface area contributed by atoms with Gasteiger partial charge in [0, 0.05) is 13.1 Å². The van der Waals surface area contributed by atoms with Gasteiger partial charge >= 0.3 is 0 Å². The Kier molecular flexibility index (Phi) is 2.66. The summed E-state index contributed by atoms with van der Waals surface area (Å²) in [7, 11) is 3.01. The van der Waals surface area contributed by atoms with Crippen LogP contribution in [-0.4, -0.2) is 45.5 Å². The van der Waals surface area contributed by atoms with E-state index in [4.69, 9.17) is 0 Å². The summed E-state index contributed by atoms with van der Waals surface area (Å²) in [4.78, 5) is 27.0. The molecular weight excluding hydrogens is 220 g/mol. The molecule has 4 nitrogen and oxygen atoms in total. The van der Waals surface area contributed by atoms with Gasteiger partial charge in [0.1, 0.15) is 0 Å². The lowest BCUT2D eigenvalue weighted by Gasteiger charge is -2.47. The van der Waals surface area contributed by atoms with Gasteiger partial charge in [-0.25, -0.2) is 0 Å². The van der Waals surface area contributed by atoms with Crippen molar-refractivity contribution in [2.75, 3.05) is 13.1 Å². The van der Waals surface area contributed by atoms with Gasteiger partial charge in [-0.1, -0.05) is 21.6 Å². The number of nitrogens with zero attached hydrogens (tertiary/aromatic N) is 2. The summed E-state index contributed by atoms with van der Waals surface area (Å²) in [5, 5.41) is -0.579. The number of carbonyl (C=O) groups excluding carboxylic acids is 2. The van der Waals surface area contributed by atoms with Gasteiger partial charge in [0.15, 0.2) is 10.7 Å². The molecular formula is C8H12N2O2S2. The number of amides is 2. The molecule has 0 unspecified atom stereocenters. The molecule has 6 heteroatoms. The highest BCUT2D eigenvalue weighted by Crippen LogP contribution is 2.46. The van der Waals surface area contributed by atoms with E-state index in [0.29, 0.717) is 13.1 Å². The SMILES string of the molecule is CCN1C(=O)[C@@H]2SS[C@H]1C(=O)N2CC. The second-order valence-corrected chi connectivity index (χ2v) is 5.58. The molecule has 0 saturated carbocycles. The highest BCUT2D eigenvalue weighted by molar-refractivity contribution is 8.77. The van der Waals surface area contributed by atoms with Crippen LogP contribution in [0, 0.1) is 0 Å². The number of carbonyl (C=O) groups is 2. The van der Waals surface area contributed by atoms with E-state index in [-0.39, 0.29) is 22.6 Å². The Labute approximate surface area is 90.8 Å². The first kappa shape index (κ1) is 10.2. The van der Waals surface area contributed by atoms with Crippen molar-refractivity contribution in [2.45, 2.75) is 24.6 Å². The molecule has 3 aliphatic rings. The smallest absolute Gasteiger partial charge is 0.258 e. The highest BCUT2D eigenvalue weighted by atomic mass is 33.1. The number of hydrogen-bond acceptors (Lipinski definition) is 4. The van der Waals surface area contributed by atoms with Crippen LogP contribution in [0.1, 0.15) is 13.8 Å². The predicted molar refractivity (Wildman–Crippen MR) is 57.5 cm³/mol. The third-order valence-corrected chi connectivity index (χ3v) is 5.29. The van der Waals surface area contributed by atoms with E-state index in [2.05, 4.69) is 0 Å². The standard InChI is InChI=1S/C8H12N2O2S2/c1-3-9-5(11)8-10(4-2)6(12)7(9)13-14-8/h7-8H,3-4H2,1-2H3/t7-,8-/m0/s1. The van der Waals surface area contributed by atoms with Gasteiger partial charge in [0.25, 0.3) is 11.8 Å². The number of likely N-dealkylation sites (N-methyl/N-ethyl adjacent to an activating group) is 2. The fourth-order valence-corrected chi connectivity index (χ4v) is 4.82. The van der Waals surface area contributed by atoms with E-state index in [1.54, 1.807) is 9.80 Å². The highest BCUT2D eigenvalue weighted by Gasteiger charge is 2.50. The van der Waals surface area contributed by atoms with Gasteiger partial charge in [-0.05, 0) is 13.8 Å². The molecule has 78 valence electrons. The molecule has 3 fully saturated rings. The monoisotopic (exact) mass is 232 g/mol. The van der Waals surface area contributed by atoms with Crippen molar-refractivity contribution >= 4 is 33.4 Å². The molecule has 2 amide bonds. The molecule has 0 aromatic heterocycles. The van der Waals surface area contributed by atoms with Crippen LogP contribution < -0.4 is 0 Å². The van der Waals surface area contributed by atoms with Gasteiger partial charge in [-0.3, -0.25) is 9.59 Å². The number of piperazine rings is 1. The molecule has 2 bridgehead atoms. The normalized spacial score (nSPS) is 31.6. The number of fused-ring (bicyclic) bond motifs is 3. The maximum absolute atomic E-state index is 11.8. The summed E-state index contributed by atoms with van der Waals surface area (Å²) in [5.74, 6) is 0.172. The molecule has 3 heterocycles. The van der Waals surface area contributed by atoms with E-state index < -0.39 is 0 Å². The largest absolute Gasteiger partial charge is 0.319 e. The summed E-state index contributed by atoms with van der Waals surface area (Å²) in [5.41, 5.74) is 0. The first-order valence-electron chi connectivity index (χ1n) is 4.63. The minimum Gasteiger partial charge on any atom is -0.319 e. The second-order valence-electron chi connectivity index (χ2n) is 3.15. The maximum atomic E-state index is 11.8. The summed E-state index contributed by atoms with van der Waals surface area (Å²) < 4.78 is 0. The Morgan fingerprint density at radius 3 is 1.64 bits per heavy atom. The Hall–Kier alpha value is -0.360. The molecule has 3 saturated heterocycles. The fourth-order valence-electron chi connectivity index (χ4n) is 1.72. The lowest BCUT2D eigenvalue weighted by Crippen LogP contribution is -2.64. The van der Waals surface area contributed by atoms with E-state index in [9.17, 15) is 9.59 Å². The number of hydrogen-bond donors (Lipinski definition) is 0. The zero-order valence-electron chi connectivity index (χ0n) is 8.10. The third kappa shape index (κ3) is 1.24. The van der Waals surface area contributed by atoms with Crippen molar-refractivity contribution in [1.82, 2.24) is 9.80 Å². The Morgan fingerprint density at radius 1 is 1.00 bits per heavy atom. The van der Waals surface area contributed by atoms with Gasteiger partial charge in [0.05, 0.1) is 0 Å². The van der Waals surface area contributed by atoms with Crippen LogP contribution in [0.5, 0.6) is 0 Å². The lowest BCUT2D eigenvalue weighted by molar-refractivity contribution is -0.153. The molecule has 0 aromatic rings. The summed E-state index contributed by atoms with van der Waals surface area (Å²) in [6.45, 7) is 5.06. The van der Waals surface area contributed by atoms with Crippen LogP contribution in [0.2, 0.25) is 0 Å². The molecule has 0 aromatic carbocycles. The van der Waals surface area contributed by atoms with Crippen LogP contribution in [0.25, 0.3) is 0 Å². The zero-order valence-corrected chi connectivity index (χ0v) is 9.73. The van der Waals surface area contributed by atoms with Gasteiger partial charge in [-0.2, -0.15) is 0 Å². The van der Waals surface area contributed by atoms with Crippen molar-refractivity contribution in [3.63, 3.8) is 0 Å². The quantitative estimate of drug-likeness (QED) is 0.659. The van der Waals surface area contributed by atoms with Crippen molar-refractivity contribution < 1.29 is 9.59 Å². The molecule has 0 aliphatic carbocycles. The van der Waals surface area contributed by atoms with Gasteiger partial charge in [-0.15, -0.1) is 0 Å². The zero-order chi connectivity index (χ0) is 10.3. The van der Waals surface area contributed by atoms with E-state index >= 15 is 0 Å². The molecule has 0 spiro atoms. The van der Waals surface area contributed by atoms with Crippen molar-refractivity contribution in [2.24, 2.45) is 0 Å². The van der Waals surface area contributed by atoms with E-state index in [0.717, 1.165) is 0 Å². The first-order valence-corrected chi connectivity index (χ1v) is 6.91. The topological polar surface area (TPSA) is 40.6 Å². The van der Waals surface area contributed by atoms with Crippen molar-refractivity contribution in [3.05, 3.63) is 0 Å². The summed E-state index contributed by atoms with van der Waals surface area (Å²) >= 11 is 0. The summed E-state index contributed by atoms with van der Waals surface area (Å²) in [6.07, 6.45) is 0. The summed E-state index contributed by atoms with van der Waals surface area (Å²) in [6, 6.07) is 0. The van der Waals surface area contributed by atoms with Crippen molar-refractivity contribution in [3.8, 4) is 0 Å². The Bertz CT molecular complexity index is 257. The minimum absolute atomic E-state index is 0.0858. The molecule has 3 aliphatic heterocycles. The molecule has 0 N–H and O–H groups in total. The average molecular weight is 232 g/mol. The number of rotatable bonds is 2. The van der Waals surface area contributed by atoms with E-state index in [1.165, 1.54) is 21.6 Å². The van der Waals surface area contributed by atoms with Crippen LogP contribution in [0.15, 0.2) is 0 Å². The molecule has 0 radical (unpaired) electrons. The lowest BCUT2D eigenvalue weighted by atomic mass is 10.3. The fraction of sp³-hybridized carbons (Fsp3) is 0.750. The third-order valence-electron chi connectivity index (χ3n) is 2.47. The maximum Gasteiger partial charge on any atom is 0.258 e. The van der Waals surface area contributed by atoms with E-state index in [1.807, 2.05) is 13.8 Å². The van der Waals surface area contributed by atoms with Crippen molar-refractivity contribution in [1.29, 1.82) is 0 Å². The second kappa shape index (κ2) is 3.66. The molecule has 2 atom stereocenters. The van der Waals surface area contributed by atoms with Crippen LogP contribution in [-0.2, 0) is 9.59 Å². The average Bonchev–Trinajstić information content (AvgIpc) is 2.20. The molecule has 14 heavy (non-hydrogen) atoms. The predicted octanol–water partition coefficient (Wildman–Crippen LogP) is 0.744.